The summed E-state index contributed by atoms with van der Waals surface area (Å²) in [6, 6.07) is 1.39. The molecule has 0 atom stereocenters. The number of thiophene rings is 1. The van der Waals surface area contributed by atoms with E-state index in [1.807, 2.05) is 0 Å². The van der Waals surface area contributed by atoms with Gasteiger partial charge in [-0.05, 0) is 12.2 Å². The largest absolute Gasteiger partial charge is 0.408 e. The molecule has 0 amide bonds. The van der Waals surface area contributed by atoms with Crippen LogP contribution in [0.25, 0.3) is 10.8 Å². The van der Waals surface area contributed by atoms with Crippen molar-refractivity contribution in [2.75, 3.05) is 0 Å². The summed E-state index contributed by atoms with van der Waals surface area (Å²) in [6.45, 7) is 0. The van der Waals surface area contributed by atoms with Crippen LogP contribution < -0.4 is 0 Å². The van der Waals surface area contributed by atoms with Crippen LogP contribution in [0.15, 0.2) is 15.9 Å². The maximum Gasteiger partial charge on any atom is 0.284 e. The maximum atomic E-state index is 10.4. The molecule has 0 fully saturated rings. The Hall–Kier alpha value is -1.54. The van der Waals surface area contributed by atoms with Crippen molar-refractivity contribution < 1.29 is 9.34 Å². The third kappa shape index (κ3) is 1.56. The van der Waals surface area contributed by atoms with Crippen LogP contribution in [0.1, 0.15) is 0 Å². The van der Waals surface area contributed by atoms with E-state index >= 15 is 0 Å². The van der Waals surface area contributed by atoms with Gasteiger partial charge in [-0.3, -0.25) is 10.1 Å². The summed E-state index contributed by atoms with van der Waals surface area (Å²) in [4.78, 5) is 10.6. The minimum Gasteiger partial charge on any atom is -0.408 e. The van der Waals surface area contributed by atoms with Crippen molar-refractivity contribution in [1.29, 1.82) is 0 Å². The van der Waals surface area contributed by atoms with Gasteiger partial charge >= 0.3 is 0 Å². The van der Waals surface area contributed by atoms with Crippen molar-refractivity contribution in [3.63, 3.8) is 0 Å². The third-order valence-electron chi connectivity index (χ3n) is 1.45. The van der Waals surface area contributed by atoms with Gasteiger partial charge in [0.05, 0.1) is 15.2 Å². The quantitative estimate of drug-likeness (QED) is 0.485. The molecule has 14 heavy (non-hydrogen) atoms. The molecule has 0 aliphatic heterocycles. The predicted octanol–water partition coefficient (Wildman–Crippen LogP) is 2.37. The van der Waals surface area contributed by atoms with E-state index in [2.05, 4.69) is 22.4 Å². The molecule has 2 rings (SSSR count). The molecular formula is C6H3N3O3S2. The number of aromatic nitrogens is 2. The number of H-pyrrole nitrogens is 1. The molecule has 8 heteroatoms. The topological polar surface area (TPSA) is 85.0 Å². The SMILES string of the molecule is O=[N+]([O-])c1csc(-c2n[nH]c(=S)o2)c1. The lowest BCUT2D eigenvalue weighted by molar-refractivity contribution is -0.384. The second-order valence-corrected chi connectivity index (χ2v) is 3.63. The number of aromatic amines is 1. The summed E-state index contributed by atoms with van der Waals surface area (Å²) in [5.74, 6) is 0.271. The molecule has 0 spiro atoms. The van der Waals surface area contributed by atoms with Crippen molar-refractivity contribution in [1.82, 2.24) is 10.2 Å². The lowest BCUT2D eigenvalue weighted by Gasteiger charge is -1.82. The van der Waals surface area contributed by atoms with Crippen molar-refractivity contribution >= 4 is 29.2 Å². The highest BCUT2D eigenvalue weighted by Crippen LogP contribution is 2.29. The summed E-state index contributed by atoms with van der Waals surface area (Å²) < 4.78 is 5.00. The molecule has 0 saturated carbocycles. The molecule has 2 aromatic heterocycles. The molecule has 0 bridgehead atoms. The Morgan fingerprint density at radius 3 is 3.00 bits per heavy atom. The Morgan fingerprint density at radius 2 is 2.50 bits per heavy atom. The molecule has 0 radical (unpaired) electrons. The summed E-state index contributed by atoms with van der Waals surface area (Å²) in [6.07, 6.45) is 0. The van der Waals surface area contributed by atoms with Gasteiger partial charge in [0.2, 0.25) is 0 Å². The molecule has 2 heterocycles. The molecule has 0 aliphatic carbocycles. The molecular weight excluding hydrogens is 226 g/mol. The standard InChI is InChI=1S/C6H3N3O3S2/c10-9(11)3-1-4(14-2-3)5-7-8-6(13)12-5/h1-2H,(H,8,13). The molecule has 1 N–H and O–H groups in total. The number of nitrogens with one attached hydrogen (secondary N) is 1. The molecule has 2 aromatic rings. The van der Waals surface area contributed by atoms with Gasteiger partial charge in [0.25, 0.3) is 16.4 Å². The first-order chi connectivity index (χ1) is 6.66. The van der Waals surface area contributed by atoms with Gasteiger partial charge in [-0.1, -0.05) is 0 Å². The summed E-state index contributed by atoms with van der Waals surface area (Å²) in [5.41, 5.74) is 0.0223. The molecule has 0 aliphatic rings. The molecule has 72 valence electrons. The van der Waals surface area contributed by atoms with E-state index in [0.717, 1.165) is 0 Å². The first-order valence-corrected chi connectivity index (χ1v) is 4.74. The zero-order valence-corrected chi connectivity index (χ0v) is 8.22. The Labute approximate surface area is 86.3 Å². The normalized spacial score (nSPS) is 10.3. The van der Waals surface area contributed by atoms with Gasteiger partial charge < -0.3 is 4.42 Å². The second kappa shape index (κ2) is 3.31. The third-order valence-corrected chi connectivity index (χ3v) is 2.53. The first kappa shape index (κ1) is 9.03. The van der Waals surface area contributed by atoms with Crippen molar-refractivity contribution in [3.8, 4) is 10.8 Å². The van der Waals surface area contributed by atoms with E-state index < -0.39 is 4.92 Å². The Kier molecular flexibility index (Phi) is 2.14. The lowest BCUT2D eigenvalue weighted by Crippen LogP contribution is -1.82. The van der Waals surface area contributed by atoms with Crippen molar-refractivity contribution in [2.45, 2.75) is 0 Å². The van der Waals surface area contributed by atoms with E-state index in [4.69, 9.17) is 4.42 Å². The lowest BCUT2D eigenvalue weighted by atomic mass is 10.4. The number of nitrogens with zero attached hydrogens (tertiary/aromatic N) is 2. The van der Waals surface area contributed by atoms with Gasteiger partial charge in [0.1, 0.15) is 0 Å². The van der Waals surface area contributed by atoms with E-state index in [1.54, 1.807) is 0 Å². The van der Waals surface area contributed by atoms with Gasteiger partial charge in [-0.2, -0.15) is 0 Å². The minimum absolute atomic E-state index is 0.0223. The minimum atomic E-state index is -0.471. The average Bonchev–Trinajstić information content (AvgIpc) is 2.70. The van der Waals surface area contributed by atoms with Crippen molar-refractivity contribution in [2.24, 2.45) is 0 Å². The van der Waals surface area contributed by atoms with Crippen LogP contribution in [0.2, 0.25) is 0 Å². The Balaban J connectivity index is 2.43. The molecule has 0 aromatic carbocycles. The smallest absolute Gasteiger partial charge is 0.284 e. The highest BCUT2D eigenvalue weighted by molar-refractivity contribution is 7.71. The summed E-state index contributed by atoms with van der Waals surface area (Å²) in [7, 11) is 0. The van der Waals surface area contributed by atoms with Gasteiger partial charge in [-0.25, -0.2) is 5.10 Å². The average molecular weight is 229 g/mol. The van der Waals surface area contributed by atoms with Crippen LogP contribution in [0.4, 0.5) is 5.69 Å². The molecule has 0 saturated heterocycles. The zero-order valence-electron chi connectivity index (χ0n) is 6.59. The van der Waals surface area contributed by atoms with E-state index in [0.29, 0.717) is 4.88 Å². The fourth-order valence-electron chi connectivity index (χ4n) is 0.869. The Bertz CT molecular complexity index is 526. The monoisotopic (exact) mass is 229 g/mol. The number of nitro groups is 1. The van der Waals surface area contributed by atoms with Crippen LogP contribution in [0.5, 0.6) is 0 Å². The zero-order chi connectivity index (χ0) is 10.1. The van der Waals surface area contributed by atoms with Gasteiger partial charge in [0.15, 0.2) is 0 Å². The Morgan fingerprint density at radius 1 is 1.71 bits per heavy atom. The second-order valence-electron chi connectivity index (χ2n) is 2.34. The number of rotatable bonds is 2. The van der Waals surface area contributed by atoms with E-state index in [9.17, 15) is 10.1 Å². The maximum absolute atomic E-state index is 10.4. The number of hydrogen-bond acceptors (Lipinski definition) is 6. The van der Waals surface area contributed by atoms with Crippen molar-refractivity contribution in [3.05, 3.63) is 26.4 Å². The summed E-state index contributed by atoms with van der Waals surface area (Å²) >= 11 is 5.86. The van der Waals surface area contributed by atoms with Gasteiger partial charge in [-0.15, -0.1) is 16.4 Å². The summed E-state index contributed by atoms with van der Waals surface area (Å²) in [5, 5.41) is 18.0. The van der Waals surface area contributed by atoms with E-state index in [1.165, 1.54) is 22.8 Å². The van der Waals surface area contributed by atoms with E-state index in [-0.39, 0.29) is 16.4 Å². The highest BCUT2D eigenvalue weighted by atomic mass is 32.1. The van der Waals surface area contributed by atoms with Crippen LogP contribution in [-0.4, -0.2) is 15.1 Å². The molecule has 6 nitrogen and oxygen atoms in total. The van der Waals surface area contributed by atoms with Crippen LogP contribution in [0, 0.1) is 15.0 Å². The van der Waals surface area contributed by atoms with Gasteiger partial charge in [0, 0.05) is 6.07 Å². The first-order valence-electron chi connectivity index (χ1n) is 3.45. The highest BCUT2D eigenvalue weighted by Gasteiger charge is 2.13. The fourth-order valence-corrected chi connectivity index (χ4v) is 1.77. The van der Waals surface area contributed by atoms with Crippen LogP contribution in [0.3, 0.4) is 0 Å². The predicted molar refractivity (Wildman–Crippen MR) is 51.7 cm³/mol. The van der Waals surface area contributed by atoms with Crippen LogP contribution in [-0.2, 0) is 0 Å². The fraction of sp³-hybridized carbons (Fsp3) is 0. The molecule has 0 unspecified atom stereocenters. The van der Waals surface area contributed by atoms with Crippen LogP contribution >= 0.6 is 23.6 Å². The number of hydrogen-bond donors (Lipinski definition) is 1.